The highest BCUT2D eigenvalue weighted by Gasteiger charge is 2.36. The summed E-state index contributed by atoms with van der Waals surface area (Å²) in [7, 11) is 0.688. The minimum Gasteiger partial charge on any atom is -0.344 e. The zero-order chi connectivity index (χ0) is 15.7. The standard InChI is InChI=1S/C13H23N5O3S/c1-16(2)13-14-12(21-15-13)10-17-6-3-5-11(9-17)18-7-4-8-22(18,19)20/h11H,3-10H2,1-2H3/t11-/m0/s1. The maximum absolute atomic E-state index is 12.1. The van der Waals surface area contributed by atoms with Gasteiger partial charge < -0.3 is 9.42 Å². The van der Waals surface area contributed by atoms with Gasteiger partial charge in [0.1, 0.15) is 0 Å². The van der Waals surface area contributed by atoms with Crippen molar-refractivity contribution in [3.05, 3.63) is 5.89 Å². The van der Waals surface area contributed by atoms with E-state index >= 15 is 0 Å². The molecule has 2 aliphatic heterocycles. The Bertz CT molecular complexity index is 615. The highest BCUT2D eigenvalue weighted by molar-refractivity contribution is 7.89. The maximum Gasteiger partial charge on any atom is 0.265 e. The van der Waals surface area contributed by atoms with Crippen molar-refractivity contribution in [1.82, 2.24) is 19.3 Å². The van der Waals surface area contributed by atoms with Crippen molar-refractivity contribution in [3.8, 4) is 0 Å². The van der Waals surface area contributed by atoms with Crippen LogP contribution in [0.25, 0.3) is 0 Å². The van der Waals surface area contributed by atoms with E-state index < -0.39 is 10.0 Å². The van der Waals surface area contributed by atoms with Gasteiger partial charge in [0.05, 0.1) is 12.3 Å². The van der Waals surface area contributed by atoms with Crippen molar-refractivity contribution in [3.63, 3.8) is 0 Å². The summed E-state index contributed by atoms with van der Waals surface area (Å²) in [4.78, 5) is 8.33. The van der Waals surface area contributed by atoms with E-state index in [0.717, 1.165) is 32.4 Å². The van der Waals surface area contributed by atoms with Gasteiger partial charge in [0.2, 0.25) is 15.9 Å². The van der Waals surface area contributed by atoms with Gasteiger partial charge in [0, 0.05) is 33.2 Å². The number of aromatic nitrogens is 2. The number of sulfonamides is 1. The van der Waals surface area contributed by atoms with Crippen molar-refractivity contribution < 1.29 is 12.9 Å². The fraction of sp³-hybridized carbons (Fsp3) is 0.846. The highest BCUT2D eigenvalue weighted by atomic mass is 32.2. The third-order valence-corrected chi connectivity index (χ3v) is 6.24. The van der Waals surface area contributed by atoms with E-state index in [1.807, 2.05) is 14.1 Å². The first-order valence-electron chi connectivity index (χ1n) is 7.67. The molecule has 0 aliphatic carbocycles. The molecule has 0 amide bonds. The Hall–Kier alpha value is -1.19. The molecule has 2 aliphatic rings. The second-order valence-electron chi connectivity index (χ2n) is 6.19. The third-order valence-electron chi connectivity index (χ3n) is 4.24. The molecule has 0 saturated carbocycles. The number of piperidine rings is 1. The molecule has 0 unspecified atom stereocenters. The number of anilines is 1. The number of rotatable bonds is 4. The predicted molar refractivity (Wildman–Crippen MR) is 82.0 cm³/mol. The first-order valence-corrected chi connectivity index (χ1v) is 9.28. The fourth-order valence-corrected chi connectivity index (χ4v) is 4.92. The lowest BCUT2D eigenvalue weighted by Gasteiger charge is -2.36. The molecule has 3 rings (SSSR count). The van der Waals surface area contributed by atoms with Gasteiger partial charge in [-0.1, -0.05) is 0 Å². The average molecular weight is 329 g/mol. The Morgan fingerprint density at radius 2 is 2.14 bits per heavy atom. The largest absolute Gasteiger partial charge is 0.344 e. The molecule has 2 saturated heterocycles. The molecule has 0 radical (unpaired) electrons. The normalized spacial score (nSPS) is 26.4. The Balaban J connectivity index is 1.63. The Morgan fingerprint density at radius 3 is 2.77 bits per heavy atom. The van der Waals surface area contributed by atoms with Gasteiger partial charge in [-0.15, -0.1) is 0 Å². The topological polar surface area (TPSA) is 82.8 Å². The molecule has 22 heavy (non-hydrogen) atoms. The van der Waals surface area contributed by atoms with Crippen LogP contribution in [0.3, 0.4) is 0 Å². The van der Waals surface area contributed by atoms with Crippen LogP contribution in [-0.2, 0) is 16.6 Å². The summed E-state index contributed by atoms with van der Waals surface area (Å²) in [5.41, 5.74) is 0. The van der Waals surface area contributed by atoms with Gasteiger partial charge in [0.25, 0.3) is 5.95 Å². The van der Waals surface area contributed by atoms with Crippen LogP contribution in [0.2, 0.25) is 0 Å². The van der Waals surface area contributed by atoms with Crippen LogP contribution < -0.4 is 4.90 Å². The van der Waals surface area contributed by atoms with Gasteiger partial charge in [-0.2, -0.15) is 9.29 Å². The third kappa shape index (κ3) is 3.26. The minimum absolute atomic E-state index is 0.0810. The van der Waals surface area contributed by atoms with Gasteiger partial charge in [-0.3, -0.25) is 4.90 Å². The smallest absolute Gasteiger partial charge is 0.265 e. The summed E-state index contributed by atoms with van der Waals surface area (Å²) >= 11 is 0. The van der Waals surface area contributed by atoms with Crippen molar-refractivity contribution in [1.29, 1.82) is 0 Å². The average Bonchev–Trinajstić information content (AvgIpc) is 3.05. The van der Waals surface area contributed by atoms with Crippen molar-refractivity contribution >= 4 is 16.0 Å². The molecule has 1 atom stereocenters. The molecule has 0 aromatic carbocycles. The molecule has 1 aromatic rings. The summed E-state index contributed by atoms with van der Waals surface area (Å²) in [6.45, 7) is 2.90. The number of hydrogen-bond acceptors (Lipinski definition) is 7. The lowest BCUT2D eigenvalue weighted by atomic mass is 10.1. The second kappa shape index (κ2) is 6.13. The lowest BCUT2D eigenvalue weighted by molar-refractivity contribution is 0.133. The Labute approximate surface area is 131 Å². The summed E-state index contributed by atoms with van der Waals surface area (Å²) in [6, 6.07) is 0.0810. The molecule has 3 heterocycles. The molecule has 1 aromatic heterocycles. The molecule has 124 valence electrons. The first-order chi connectivity index (χ1) is 10.5. The van der Waals surface area contributed by atoms with Crippen molar-refractivity contribution in [2.75, 3.05) is 44.4 Å². The second-order valence-corrected chi connectivity index (χ2v) is 8.24. The van der Waals surface area contributed by atoms with E-state index in [1.165, 1.54) is 0 Å². The Kier molecular flexibility index (Phi) is 4.37. The highest BCUT2D eigenvalue weighted by Crippen LogP contribution is 2.24. The molecular weight excluding hydrogens is 306 g/mol. The molecule has 0 N–H and O–H groups in total. The van der Waals surface area contributed by atoms with Crippen LogP contribution in [0.4, 0.5) is 5.95 Å². The lowest BCUT2D eigenvalue weighted by Crippen LogP contribution is -2.48. The van der Waals surface area contributed by atoms with Gasteiger partial charge in [-0.25, -0.2) is 8.42 Å². The van der Waals surface area contributed by atoms with Gasteiger partial charge >= 0.3 is 0 Å². The fourth-order valence-electron chi connectivity index (χ4n) is 3.16. The predicted octanol–water partition coefficient (Wildman–Crippen LogP) is 0.136. The zero-order valence-corrected chi connectivity index (χ0v) is 13.9. The summed E-state index contributed by atoms with van der Waals surface area (Å²) in [5, 5.41) is 3.91. The van der Waals surface area contributed by atoms with Crippen LogP contribution in [0, 0.1) is 0 Å². The van der Waals surface area contributed by atoms with Crippen LogP contribution in [0.5, 0.6) is 0 Å². The quantitative estimate of drug-likeness (QED) is 0.777. The van der Waals surface area contributed by atoms with E-state index in [0.29, 0.717) is 30.7 Å². The van der Waals surface area contributed by atoms with E-state index in [-0.39, 0.29) is 6.04 Å². The van der Waals surface area contributed by atoms with Crippen molar-refractivity contribution in [2.24, 2.45) is 0 Å². The van der Waals surface area contributed by atoms with E-state index in [4.69, 9.17) is 4.52 Å². The Morgan fingerprint density at radius 1 is 1.32 bits per heavy atom. The van der Waals surface area contributed by atoms with Crippen LogP contribution in [0.15, 0.2) is 4.52 Å². The van der Waals surface area contributed by atoms with E-state index in [2.05, 4.69) is 15.0 Å². The van der Waals surface area contributed by atoms with E-state index in [9.17, 15) is 8.42 Å². The minimum atomic E-state index is -3.04. The summed E-state index contributed by atoms with van der Waals surface area (Å²) < 4.78 is 31.1. The number of nitrogens with zero attached hydrogens (tertiary/aromatic N) is 5. The molecule has 9 heteroatoms. The molecule has 0 bridgehead atoms. The summed E-state index contributed by atoms with van der Waals surface area (Å²) in [6.07, 6.45) is 2.67. The number of hydrogen-bond donors (Lipinski definition) is 0. The monoisotopic (exact) mass is 329 g/mol. The van der Waals surface area contributed by atoms with Crippen LogP contribution in [0.1, 0.15) is 25.2 Å². The van der Waals surface area contributed by atoms with Gasteiger partial charge in [0.15, 0.2) is 0 Å². The molecular formula is C13H23N5O3S. The van der Waals surface area contributed by atoms with Gasteiger partial charge in [-0.05, 0) is 31.0 Å². The van der Waals surface area contributed by atoms with Crippen LogP contribution >= 0.6 is 0 Å². The maximum atomic E-state index is 12.1. The first kappa shape index (κ1) is 15.7. The summed E-state index contributed by atoms with van der Waals surface area (Å²) in [5.74, 6) is 1.43. The molecule has 2 fully saturated rings. The molecule has 8 nitrogen and oxygen atoms in total. The van der Waals surface area contributed by atoms with E-state index in [1.54, 1.807) is 9.21 Å². The molecule has 0 spiro atoms. The van der Waals surface area contributed by atoms with Crippen LogP contribution in [-0.4, -0.2) is 73.3 Å². The number of likely N-dealkylation sites (tertiary alicyclic amines) is 1. The van der Waals surface area contributed by atoms with Crippen molar-refractivity contribution in [2.45, 2.75) is 31.8 Å². The zero-order valence-electron chi connectivity index (χ0n) is 13.1. The SMILES string of the molecule is CN(C)c1noc(CN2CCC[C@H](N3CCCS3(=O)=O)C2)n1.